The van der Waals surface area contributed by atoms with Gasteiger partial charge in [0.2, 0.25) is 0 Å². The monoisotopic (exact) mass is 319 g/mol. The van der Waals surface area contributed by atoms with Crippen LogP contribution < -0.4 is 0 Å². The number of ether oxygens (including phenoxy) is 2. The summed E-state index contributed by atoms with van der Waals surface area (Å²) in [6, 6.07) is 0. The minimum Gasteiger partial charge on any atom is -0.375 e. The van der Waals surface area contributed by atoms with Crippen molar-refractivity contribution < 1.29 is 9.47 Å². The highest BCUT2D eigenvalue weighted by Crippen LogP contribution is 2.38. The second-order valence-corrected chi connectivity index (χ2v) is 7.75. The van der Waals surface area contributed by atoms with Gasteiger partial charge in [0.15, 0.2) is 0 Å². The van der Waals surface area contributed by atoms with E-state index in [9.17, 15) is 0 Å². The topological polar surface area (TPSA) is 39.5 Å². The lowest BCUT2D eigenvalue weighted by atomic mass is 9.86. The van der Waals surface area contributed by atoms with Crippen molar-refractivity contribution in [1.29, 1.82) is 0 Å². The van der Waals surface area contributed by atoms with Gasteiger partial charge in [0, 0.05) is 51.5 Å². The zero-order chi connectivity index (χ0) is 15.7. The third kappa shape index (κ3) is 3.62. The molecule has 3 fully saturated rings. The van der Waals surface area contributed by atoms with E-state index in [1.165, 1.54) is 24.8 Å². The van der Waals surface area contributed by atoms with Gasteiger partial charge < -0.3 is 9.47 Å². The molecule has 0 unspecified atom stereocenters. The molecule has 2 aliphatic heterocycles. The zero-order valence-corrected chi connectivity index (χ0v) is 14.2. The van der Waals surface area contributed by atoms with Crippen LogP contribution in [-0.4, -0.2) is 52.7 Å². The fourth-order valence-corrected chi connectivity index (χ4v) is 4.12. The number of nitrogens with zero attached hydrogens (tertiary/aromatic N) is 3. The Morgan fingerprint density at radius 1 is 1.35 bits per heavy atom. The maximum atomic E-state index is 6.21. The maximum absolute atomic E-state index is 6.21. The maximum Gasteiger partial charge on any atom is 0.0836 e. The molecule has 0 N–H and O–H groups in total. The van der Waals surface area contributed by atoms with E-state index in [-0.39, 0.29) is 5.60 Å². The van der Waals surface area contributed by atoms with Crippen molar-refractivity contribution in [3.05, 3.63) is 18.0 Å². The van der Waals surface area contributed by atoms with E-state index >= 15 is 0 Å². The van der Waals surface area contributed by atoms with E-state index < -0.39 is 0 Å². The lowest BCUT2D eigenvalue weighted by Crippen LogP contribution is -2.43. The van der Waals surface area contributed by atoms with Gasteiger partial charge in [-0.1, -0.05) is 6.42 Å². The highest BCUT2D eigenvalue weighted by atomic mass is 16.6. The summed E-state index contributed by atoms with van der Waals surface area (Å²) in [5.74, 6) is 0.827. The van der Waals surface area contributed by atoms with E-state index in [0.717, 1.165) is 58.0 Å². The summed E-state index contributed by atoms with van der Waals surface area (Å²) < 4.78 is 14.2. The first kappa shape index (κ1) is 15.6. The van der Waals surface area contributed by atoms with Crippen molar-refractivity contribution in [1.82, 2.24) is 14.7 Å². The molecule has 5 nitrogen and oxygen atoms in total. The SMILES string of the molecule is Cn1cc(CN2CCC3(CC2)C[C@@H](OCC2CCC2)CO3)cn1. The quantitative estimate of drug-likeness (QED) is 0.835. The Hall–Kier alpha value is -0.910. The number of aromatic nitrogens is 2. The molecule has 0 amide bonds. The summed E-state index contributed by atoms with van der Waals surface area (Å²) in [6.45, 7) is 4.99. The molecule has 4 rings (SSSR count). The smallest absolute Gasteiger partial charge is 0.0836 e. The fraction of sp³-hybridized carbons (Fsp3) is 0.833. The second-order valence-electron chi connectivity index (χ2n) is 7.75. The van der Waals surface area contributed by atoms with Crippen LogP contribution in [0.4, 0.5) is 0 Å². The predicted molar refractivity (Wildman–Crippen MR) is 88.1 cm³/mol. The Morgan fingerprint density at radius 3 is 2.83 bits per heavy atom. The molecule has 1 aromatic heterocycles. The molecule has 0 aromatic carbocycles. The average molecular weight is 319 g/mol. The van der Waals surface area contributed by atoms with Crippen molar-refractivity contribution in [2.24, 2.45) is 13.0 Å². The molecule has 1 aliphatic carbocycles. The molecule has 3 heterocycles. The first-order valence-corrected chi connectivity index (χ1v) is 9.16. The van der Waals surface area contributed by atoms with Gasteiger partial charge >= 0.3 is 0 Å². The predicted octanol–water partition coefficient (Wildman–Crippen LogP) is 2.36. The summed E-state index contributed by atoms with van der Waals surface area (Å²) in [5, 5.41) is 4.26. The molecular formula is C18H29N3O2. The van der Waals surface area contributed by atoms with Crippen LogP contribution in [0.25, 0.3) is 0 Å². The van der Waals surface area contributed by atoms with E-state index in [1.807, 2.05) is 17.9 Å². The normalized spacial score (nSPS) is 28.3. The van der Waals surface area contributed by atoms with Crippen LogP contribution >= 0.6 is 0 Å². The van der Waals surface area contributed by atoms with Gasteiger partial charge in [-0.05, 0) is 31.6 Å². The molecule has 23 heavy (non-hydrogen) atoms. The lowest BCUT2D eigenvalue weighted by molar-refractivity contribution is -0.0474. The van der Waals surface area contributed by atoms with Gasteiger partial charge in [-0.3, -0.25) is 9.58 Å². The Bertz CT molecular complexity index is 518. The van der Waals surface area contributed by atoms with Crippen LogP contribution in [0.5, 0.6) is 0 Å². The van der Waals surface area contributed by atoms with Crippen molar-refractivity contribution in [2.75, 3.05) is 26.3 Å². The van der Waals surface area contributed by atoms with Gasteiger partial charge in [-0.25, -0.2) is 0 Å². The van der Waals surface area contributed by atoms with Gasteiger partial charge in [0.1, 0.15) is 0 Å². The van der Waals surface area contributed by atoms with Crippen LogP contribution in [0.2, 0.25) is 0 Å². The van der Waals surface area contributed by atoms with E-state index in [2.05, 4.69) is 16.2 Å². The van der Waals surface area contributed by atoms with Crippen LogP contribution in [0.3, 0.4) is 0 Å². The third-order valence-electron chi connectivity index (χ3n) is 5.90. The molecule has 2 saturated heterocycles. The number of hydrogen-bond acceptors (Lipinski definition) is 4. The van der Waals surface area contributed by atoms with Crippen LogP contribution in [0.15, 0.2) is 12.4 Å². The summed E-state index contributed by atoms with van der Waals surface area (Å²) >= 11 is 0. The molecule has 1 saturated carbocycles. The summed E-state index contributed by atoms with van der Waals surface area (Å²) in [7, 11) is 1.98. The standard InChI is InChI=1S/C18H29N3O2/c1-20-11-16(10-19-20)12-21-7-5-18(6-8-21)9-17(14-23-18)22-13-15-3-2-4-15/h10-11,15,17H,2-9,12-14H2,1H3/t17-/m1/s1. The highest BCUT2D eigenvalue weighted by molar-refractivity contribution is 5.04. The number of likely N-dealkylation sites (tertiary alicyclic amines) is 1. The van der Waals surface area contributed by atoms with Crippen LogP contribution in [-0.2, 0) is 23.1 Å². The van der Waals surface area contributed by atoms with Crippen molar-refractivity contribution in [3.63, 3.8) is 0 Å². The molecule has 1 spiro atoms. The van der Waals surface area contributed by atoms with Gasteiger partial charge in [-0.15, -0.1) is 0 Å². The molecule has 0 bridgehead atoms. The van der Waals surface area contributed by atoms with Gasteiger partial charge in [0.25, 0.3) is 0 Å². The second kappa shape index (κ2) is 6.54. The molecule has 3 aliphatic rings. The summed E-state index contributed by atoms with van der Waals surface area (Å²) in [4.78, 5) is 2.52. The molecule has 1 atom stereocenters. The molecule has 5 heteroatoms. The van der Waals surface area contributed by atoms with Crippen LogP contribution in [0, 0.1) is 5.92 Å². The largest absolute Gasteiger partial charge is 0.375 e. The first-order valence-electron chi connectivity index (χ1n) is 9.16. The van der Waals surface area contributed by atoms with Gasteiger partial charge in [0.05, 0.1) is 24.5 Å². The summed E-state index contributed by atoms with van der Waals surface area (Å²) in [5.41, 5.74) is 1.40. The Labute approximate surface area is 138 Å². The fourth-order valence-electron chi connectivity index (χ4n) is 4.12. The van der Waals surface area contributed by atoms with Crippen molar-refractivity contribution in [3.8, 4) is 0 Å². The number of piperidine rings is 1. The highest BCUT2D eigenvalue weighted by Gasteiger charge is 2.43. The van der Waals surface area contributed by atoms with E-state index in [0.29, 0.717) is 6.10 Å². The summed E-state index contributed by atoms with van der Waals surface area (Å²) in [6.07, 6.45) is 11.9. The number of hydrogen-bond donors (Lipinski definition) is 0. The first-order chi connectivity index (χ1) is 11.2. The molecular weight excluding hydrogens is 290 g/mol. The van der Waals surface area contributed by atoms with Crippen molar-refractivity contribution >= 4 is 0 Å². The number of rotatable bonds is 5. The minimum atomic E-state index is 0.0930. The zero-order valence-electron chi connectivity index (χ0n) is 14.2. The van der Waals surface area contributed by atoms with E-state index in [1.54, 1.807) is 0 Å². The minimum absolute atomic E-state index is 0.0930. The third-order valence-corrected chi connectivity index (χ3v) is 5.90. The Morgan fingerprint density at radius 2 is 2.17 bits per heavy atom. The Kier molecular flexibility index (Phi) is 4.43. The lowest BCUT2D eigenvalue weighted by Gasteiger charge is -2.38. The van der Waals surface area contributed by atoms with Crippen LogP contribution in [0.1, 0.15) is 44.1 Å². The molecule has 128 valence electrons. The average Bonchev–Trinajstić information content (AvgIpc) is 3.08. The van der Waals surface area contributed by atoms with E-state index in [4.69, 9.17) is 9.47 Å². The van der Waals surface area contributed by atoms with Gasteiger partial charge in [-0.2, -0.15) is 5.10 Å². The number of aryl methyl sites for hydroxylation is 1. The van der Waals surface area contributed by atoms with Crippen molar-refractivity contribution in [2.45, 2.75) is 56.8 Å². The molecule has 1 aromatic rings. The molecule has 0 radical (unpaired) electrons. The Balaban J connectivity index is 1.22.